The molecular weight excluding hydrogens is 266 g/mol. The fourth-order valence-corrected chi connectivity index (χ4v) is 2.93. The number of H-pyrrole nitrogens is 2. The van der Waals surface area contributed by atoms with E-state index in [0.717, 1.165) is 42.6 Å². The molecule has 108 valence electrons. The summed E-state index contributed by atoms with van der Waals surface area (Å²) >= 11 is 0. The summed E-state index contributed by atoms with van der Waals surface area (Å²) in [7, 11) is 2.11. The topological polar surface area (TPSA) is 68.0 Å². The molecule has 3 aromatic rings. The lowest BCUT2D eigenvalue weighted by Crippen LogP contribution is -2.45. The second kappa shape index (κ2) is 4.60. The number of piperazine rings is 1. The van der Waals surface area contributed by atoms with E-state index in [1.165, 1.54) is 0 Å². The molecule has 0 aliphatic carbocycles. The minimum atomic E-state index is -0.0703. The van der Waals surface area contributed by atoms with Gasteiger partial charge in [-0.3, -0.25) is 9.78 Å². The predicted octanol–water partition coefficient (Wildman–Crippen LogP) is 1.16. The summed E-state index contributed by atoms with van der Waals surface area (Å²) < 4.78 is 0. The number of fused-ring (bicyclic) bond motifs is 3. The first-order valence-corrected chi connectivity index (χ1v) is 7.16. The second-order valence-electron chi connectivity index (χ2n) is 5.58. The van der Waals surface area contributed by atoms with Crippen LogP contribution in [0.4, 0.5) is 5.95 Å². The Labute approximate surface area is 121 Å². The minimum absolute atomic E-state index is 0.0703. The highest BCUT2D eigenvalue weighted by Crippen LogP contribution is 2.21. The lowest BCUT2D eigenvalue weighted by atomic mass is 10.1. The van der Waals surface area contributed by atoms with Crippen molar-refractivity contribution in [3.05, 3.63) is 34.7 Å². The van der Waals surface area contributed by atoms with Crippen LogP contribution < -0.4 is 10.5 Å². The molecule has 1 fully saturated rings. The third-order valence-electron chi connectivity index (χ3n) is 4.19. The zero-order chi connectivity index (χ0) is 14.4. The van der Waals surface area contributed by atoms with Gasteiger partial charge in [0, 0.05) is 43.3 Å². The Morgan fingerprint density at radius 3 is 2.76 bits per heavy atom. The largest absolute Gasteiger partial charge is 0.361 e. The monoisotopic (exact) mass is 283 g/mol. The van der Waals surface area contributed by atoms with Crippen molar-refractivity contribution in [3.8, 4) is 0 Å². The third kappa shape index (κ3) is 1.99. The van der Waals surface area contributed by atoms with Gasteiger partial charge in [0.2, 0.25) is 5.95 Å². The molecule has 3 heterocycles. The summed E-state index contributed by atoms with van der Waals surface area (Å²) in [5.74, 6) is 0.676. The SMILES string of the molecule is CN1CCN(c2nc3ccc4[nH]ccc4c3c(=O)[nH]2)CC1. The van der Waals surface area contributed by atoms with E-state index in [1.54, 1.807) is 0 Å². The van der Waals surface area contributed by atoms with Gasteiger partial charge in [0.05, 0.1) is 10.9 Å². The number of benzene rings is 1. The number of aromatic amines is 2. The normalized spacial score (nSPS) is 16.9. The van der Waals surface area contributed by atoms with E-state index in [-0.39, 0.29) is 5.56 Å². The van der Waals surface area contributed by atoms with E-state index in [0.29, 0.717) is 11.3 Å². The Kier molecular flexibility index (Phi) is 2.71. The van der Waals surface area contributed by atoms with E-state index >= 15 is 0 Å². The van der Waals surface area contributed by atoms with Crippen LogP contribution in [0.1, 0.15) is 0 Å². The summed E-state index contributed by atoms with van der Waals surface area (Å²) in [5, 5.41) is 1.58. The number of nitrogens with zero attached hydrogens (tertiary/aromatic N) is 3. The van der Waals surface area contributed by atoms with Crippen molar-refractivity contribution >= 4 is 27.8 Å². The van der Waals surface area contributed by atoms with Crippen molar-refractivity contribution in [2.75, 3.05) is 38.1 Å². The average Bonchev–Trinajstić information content (AvgIpc) is 2.96. The van der Waals surface area contributed by atoms with E-state index < -0.39 is 0 Å². The van der Waals surface area contributed by atoms with Crippen molar-refractivity contribution in [1.29, 1.82) is 0 Å². The highest BCUT2D eigenvalue weighted by Gasteiger charge is 2.17. The van der Waals surface area contributed by atoms with Crippen LogP contribution in [0.2, 0.25) is 0 Å². The molecule has 0 spiro atoms. The van der Waals surface area contributed by atoms with Crippen LogP contribution in [0.3, 0.4) is 0 Å². The van der Waals surface area contributed by atoms with E-state index in [2.05, 4.69) is 31.8 Å². The lowest BCUT2D eigenvalue weighted by Gasteiger charge is -2.32. The van der Waals surface area contributed by atoms with Crippen molar-refractivity contribution in [1.82, 2.24) is 19.9 Å². The summed E-state index contributed by atoms with van der Waals surface area (Å²) in [6.45, 7) is 3.74. The van der Waals surface area contributed by atoms with Crippen molar-refractivity contribution in [2.24, 2.45) is 0 Å². The van der Waals surface area contributed by atoms with E-state index in [1.807, 2.05) is 24.4 Å². The smallest absolute Gasteiger partial charge is 0.260 e. The van der Waals surface area contributed by atoms with Gasteiger partial charge in [-0.05, 0) is 25.2 Å². The van der Waals surface area contributed by atoms with Gasteiger partial charge in [-0.15, -0.1) is 0 Å². The number of likely N-dealkylation sites (N-methyl/N-ethyl adjacent to an activating group) is 1. The Bertz CT molecular complexity index is 857. The summed E-state index contributed by atoms with van der Waals surface area (Å²) in [6.07, 6.45) is 1.85. The first-order valence-electron chi connectivity index (χ1n) is 7.16. The van der Waals surface area contributed by atoms with Crippen LogP contribution in [-0.4, -0.2) is 53.1 Å². The van der Waals surface area contributed by atoms with Gasteiger partial charge in [-0.25, -0.2) is 4.98 Å². The molecule has 4 rings (SSSR count). The molecule has 0 unspecified atom stereocenters. The highest BCUT2D eigenvalue weighted by atomic mass is 16.1. The first-order chi connectivity index (χ1) is 10.2. The average molecular weight is 283 g/mol. The van der Waals surface area contributed by atoms with Gasteiger partial charge in [-0.1, -0.05) is 0 Å². The van der Waals surface area contributed by atoms with Crippen LogP contribution in [0, 0.1) is 0 Å². The quantitative estimate of drug-likeness (QED) is 0.703. The van der Waals surface area contributed by atoms with Gasteiger partial charge in [0.15, 0.2) is 0 Å². The van der Waals surface area contributed by atoms with Crippen molar-refractivity contribution in [2.45, 2.75) is 0 Å². The Morgan fingerprint density at radius 1 is 1.14 bits per heavy atom. The molecule has 0 atom stereocenters. The molecule has 0 saturated carbocycles. The maximum Gasteiger partial charge on any atom is 0.260 e. The molecule has 1 aliphatic heterocycles. The zero-order valence-electron chi connectivity index (χ0n) is 11.9. The van der Waals surface area contributed by atoms with Crippen LogP contribution in [0.15, 0.2) is 29.2 Å². The number of nitrogens with one attached hydrogen (secondary N) is 2. The molecule has 21 heavy (non-hydrogen) atoms. The van der Waals surface area contributed by atoms with Crippen LogP contribution in [-0.2, 0) is 0 Å². The fourth-order valence-electron chi connectivity index (χ4n) is 2.93. The molecule has 0 bridgehead atoms. The number of hydrogen-bond acceptors (Lipinski definition) is 4. The molecule has 0 amide bonds. The number of aromatic nitrogens is 3. The summed E-state index contributed by atoms with van der Waals surface area (Å²) in [6, 6.07) is 5.80. The summed E-state index contributed by atoms with van der Waals surface area (Å²) in [5.41, 5.74) is 1.64. The van der Waals surface area contributed by atoms with E-state index in [9.17, 15) is 4.79 Å². The predicted molar refractivity (Wildman–Crippen MR) is 83.9 cm³/mol. The highest BCUT2D eigenvalue weighted by molar-refractivity contribution is 6.04. The molecule has 0 radical (unpaired) electrons. The minimum Gasteiger partial charge on any atom is -0.361 e. The molecule has 2 aromatic heterocycles. The Hall–Kier alpha value is -2.34. The Morgan fingerprint density at radius 2 is 1.95 bits per heavy atom. The Balaban J connectivity index is 1.85. The maximum absolute atomic E-state index is 12.5. The van der Waals surface area contributed by atoms with Gasteiger partial charge in [0.25, 0.3) is 5.56 Å². The second-order valence-corrected chi connectivity index (χ2v) is 5.58. The zero-order valence-corrected chi connectivity index (χ0v) is 11.9. The summed E-state index contributed by atoms with van der Waals surface area (Å²) in [4.78, 5) is 27.6. The maximum atomic E-state index is 12.5. The van der Waals surface area contributed by atoms with Crippen molar-refractivity contribution in [3.63, 3.8) is 0 Å². The molecule has 1 saturated heterocycles. The van der Waals surface area contributed by atoms with Gasteiger partial charge in [0.1, 0.15) is 0 Å². The van der Waals surface area contributed by atoms with E-state index in [4.69, 9.17) is 0 Å². The number of hydrogen-bond donors (Lipinski definition) is 2. The first kappa shape index (κ1) is 12.4. The lowest BCUT2D eigenvalue weighted by molar-refractivity contribution is 0.311. The van der Waals surface area contributed by atoms with Gasteiger partial charge < -0.3 is 14.8 Å². The van der Waals surface area contributed by atoms with Crippen molar-refractivity contribution < 1.29 is 0 Å². The molecule has 6 heteroatoms. The third-order valence-corrected chi connectivity index (χ3v) is 4.19. The number of anilines is 1. The van der Waals surface area contributed by atoms with Crippen LogP contribution in [0.25, 0.3) is 21.8 Å². The van der Waals surface area contributed by atoms with Crippen LogP contribution >= 0.6 is 0 Å². The molecular formula is C15H17N5O. The number of rotatable bonds is 1. The van der Waals surface area contributed by atoms with Gasteiger partial charge >= 0.3 is 0 Å². The standard InChI is InChI=1S/C15H17N5O/c1-19-6-8-20(9-7-19)15-17-12-3-2-11-10(4-5-16-11)13(12)14(21)18-15/h2-5,16H,6-9H2,1H3,(H,17,18,21). The molecule has 6 nitrogen and oxygen atoms in total. The molecule has 1 aromatic carbocycles. The molecule has 1 aliphatic rings. The molecule has 2 N–H and O–H groups in total. The van der Waals surface area contributed by atoms with Gasteiger partial charge in [-0.2, -0.15) is 0 Å². The van der Waals surface area contributed by atoms with Crippen LogP contribution in [0.5, 0.6) is 0 Å². The fraction of sp³-hybridized carbons (Fsp3) is 0.333.